The number of hydrogen-bond donors (Lipinski definition) is 4. The Labute approximate surface area is 372 Å². The van der Waals surface area contributed by atoms with Crippen LogP contribution < -0.4 is 10.6 Å². The fourth-order valence-electron chi connectivity index (χ4n) is 10.8. The minimum Gasteiger partial charge on any atom is -0.371 e. The van der Waals surface area contributed by atoms with Gasteiger partial charge in [-0.15, -0.1) is 4.33 Å². The van der Waals surface area contributed by atoms with Crippen LogP contribution in [0.15, 0.2) is 23.9 Å². The molecule has 2 amide bonds. The Morgan fingerprint density at radius 2 is 1.46 bits per heavy atom. The third-order valence-corrected chi connectivity index (χ3v) is 16.2. The van der Waals surface area contributed by atoms with Crippen molar-refractivity contribution in [2.24, 2.45) is 22.7 Å². The first kappa shape index (κ1) is 51.6. The van der Waals surface area contributed by atoms with Crippen molar-refractivity contribution in [3.05, 3.63) is 23.9 Å². The lowest BCUT2D eigenvalue weighted by Gasteiger charge is -2.37. The predicted molar refractivity (Wildman–Crippen MR) is 245 cm³/mol. The first-order chi connectivity index (χ1) is 28.9. The summed E-state index contributed by atoms with van der Waals surface area (Å²) in [4.78, 5) is 31.7. The average molecular weight is 898 g/mol. The molecule has 0 aromatic rings. The van der Waals surface area contributed by atoms with E-state index in [-0.39, 0.29) is 39.9 Å². The summed E-state index contributed by atoms with van der Waals surface area (Å²) in [6, 6.07) is 0.552. The Kier molecular flexibility index (Phi) is 20.5. The van der Waals surface area contributed by atoms with Gasteiger partial charge in [-0.05, 0) is 138 Å². The summed E-state index contributed by atoms with van der Waals surface area (Å²) in [5, 5.41) is 18.4. The van der Waals surface area contributed by atoms with Gasteiger partial charge in [-0.3, -0.25) is 14.1 Å². The van der Waals surface area contributed by atoms with Crippen molar-refractivity contribution in [2.45, 2.75) is 153 Å². The van der Waals surface area contributed by atoms with E-state index in [1.54, 1.807) is 0 Å². The summed E-state index contributed by atoms with van der Waals surface area (Å²) >= 11 is 1.20. The lowest BCUT2D eigenvalue weighted by Crippen LogP contribution is -2.41. The SMILES string of the molecule is CN(C)CCCNC(=O)CCCCCN1/C(=C\C=C\C2=[N+](CCCCCC(=O)NCCCN(C)C)C3CCC(SOOO)CC3C2(C)C)C(C)(C)C2CC(S(=O)(=O)O)CCC21. The van der Waals surface area contributed by atoms with Gasteiger partial charge in [0.05, 0.1) is 10.7 Å². The van der Waals surface area contributed by atoms with E-state index in [1.165, 1.54) is 23.5 Å². The van der Waals surface area contributed by atoms with Crippen molar-refractivity contribution in [3.63, 3.8) is 0 Å². The van der Waals surface area contributed by atoms with Crippen molar-refractivity contribution in [2.75, 3.05) is 67.5 Å². The van der Waals surface area contributed by atoms with E-state index in [0.717, 1.165) is 96.8 Å². The number of unbranched alkanes of at least 4 members (excludes halogenated alkanes) is 4. The van der Waals surface area contributed by atoms with Gasteiger partial charge in [-0.1, -0.05) is 31.4 Å². The van der Waals surface area contributed by atoms with Crippen LogP contribution in [0.4, 0.5) is 0 Å². The normalized spacial score (nSPS) is 26.8. The second kappa shape index (κ2) is 24.3. The summed E-state index contributed by atoms with van der Waals surface area (Å²) in [5.41, 5.74) is 2.05. The minimum absolute atomic E-state index is 0.0791. The van der Waals surface area contributed by atoms with E-state index in [1.807, 2.05) is 28.2 Å². The predicted octanol–water partition coefficient (Wildman–Crippen LogP) is 6.55. The number of hydrogen-bond acceptors (Lipinski definition) is 11. The average Bonchev–Trinajstić information content (AvgIpc) is 3.54. The Bertz CT molecular complexity index is 1620. The molecule has 4 aliphatic rings. The van der Waals surface area contributed by atoms with Crippen molar-refractivity contribution in [3.8, 4) is 0 Å². The molecule has 16 heteroatoms. The topological polar surface area (TPSA) is 164 Å². The third kappa shape index (κ3) is 15.0. The van der Waals surface area contributed by atoms with E-state index in [9.17, 15) is 22.6 Å². The molecule has 1 saturated heterocycles. The summed E-state index contributed by atoms with van der Waals surface area (Å²) in [6.45, 7) is 14.2. The Morgan fingerprint density at radius 3 is 2.05 bits per heavy atom. The highest BCUT2D eigenvalue weighted by atomic mass is 32.2. The van der Waals surface area contributed by atoms with Crippen molar-refractivity contribution >= 4 is 39.7 Å². The standard InChI is InChI=1S/C45H80N6O8S2/c1-44(2)36-32-34(60-59-58-54)22-24-38(36)50(30-13-9-11-20-42(52)46-26-16-28-48(5)6)40(44)18-15-19-41-45(3,4)37-33-35(61(55,56)57)23-25-39(37)51(41)31-14-10-12-21-43(53)47-27-17-29-49(7)8/h15,18-19,34-39H,9-14,16-17,20-33H2,1-8H3,(H3-,46,47,52,53,54,55,56,57)/p+1. The zero-order valence-electron chi connectivity index (χ0n) is 38.7. The molecule has 0 spiro atoms. The first-order valence-corrected chi connectivity index (χ1v) is 25.4. The molecular weight excluding hydrogens is 817 g/mol. The third-order valence-electron chi connectivity index (χ3n) is 14.1. The highest BCUT2D eigenvalue weighted by Gasteiger charge is 2.56. The highest BCUT2D eigenvalue weighted by Crippen LogP contribution is 2.54. The fourth-order valence-corrected chi connectivity index (χ4v) is 12.3. The van der Waals surface area contributed by atoms with Crippen LogP contribution >= 0.6 is 12.0 Å². The van der Waals surface area contributed by atoms with E-state index in [0.29, 0.717) is 57.2 Å². The lowest BCUT2D eigenvalue weighted by molar-refractivity contribution is -0.566. The molecule has 0 aromatic carbocycles. The molecule has 6 atom stereocenters. The van der Waals surface area contributed by atoms with Gasteiger partial charge in [0, 0.05) is 91.8 Å². The largest absolute Gasteiger partial charge is 0.371 e. The molecule has 0 bridgehead atoms. The molecule has 0 aromatic heterocycles. The van der Waals surface area contributed by atoms with Gasteiger partial charge in [-0.25, -0.2) is 9.83 Å². The molecule has 2 saturated carbocycles. The molecule has 2 heterocycles. The molecule has 350 valence electrons. The van der Waals surface area contributed by atoms with Crippen LogP contribution in [0.1, 0.15) is 130 Å². The quantitative estimate of drug-likeness (QED) is 0.0185. The van der Waals surface area contributed by atoms with Crippen molar-refractivity contribution in [1.29, 1.82) is 0 Å². The van der Waals surface area contributed by atoms with Crippen molar-refractivity contribution < 1.29 is 41.8 Å². The highest BCUT2D eigenvalue weighted by molar-refractivity contribution is 7.95. The van der Waals surface area contributed by atoms with E-state index in [4.69, 9.17) is 9.59 Å². The molecular formula is C45H81N6O8S2+. The number of carbonyl (C=O) groups excluding carboxylic acids is 2. The minimum atomic E-state index is -4.14. The van der Waals surface area contributed by atoms with Gasteiger partial charge in [-0.2, -0.15) is 8.42 Å². The number of nitrogens with zero attached hydrogens (tertiary/aromatic N) is 4. The fraction of sp³-hybridized carbons (Fsp3) is 0.844. The summed E-state index contributed by atoms with van der Waals surface area (Å²) in [5.74, 6) is 0.685. The molecule has 0 radical (unpaired) electrons. The number of fused-ring (bicyclic) bond motifs is 2. The van der Waals surface area contributed by atoms with E-state index >= 15 is 0 Å². The number of rotatable bonds is 26. The summed E-state index contributed by atoms with van der Waals surface area (Å²) < 4.78 is 42.4. The maximum absolute atomic E-state index is 12.5. The Hall–Kier alpha value is -2.05. The van der Waals surface area contributed by atoms with E-state index in [2.05, 4.69) is 80.9 Å². The zero-order valence-corrected chi connectivity index (χ0v) is 40.3. The van der Waals surface area contributed by atoms with Gasteiger partial charge in [0.2, 0.25) is 11.8 Å². The maximum Gasteiger partial charge on any atom is 0.267 e. The second-order valence-corrected chi connectivity index (χ2v) is 22.4. The van der Waals surface area contributed by atoms with Gasteiger partial charge in [0.15, 0.2) is 11.8 Å². The molecule has 14 nitrogen and oxygen atoms in total. The van der Waals surface area contributed by atoms with Crippen LogP contribution in [0.25, 0.3) is 0 Å². The van der Waals surface area contributed by atoms with Gasteiger partial charge < -0.3 is 25.3 Å². The molecule has 4 N–H and O–H groups in total. The van der Waals surface area contributed by atoms with Gasteiger partial charge >= 0.3 is 0 Å². The van der Waals surface area contributed by atoms with Crippen LogP contribution in [0, 0.1) is 22.7 Å². The molecule has 61 heavy (non-hydrogen) atoms. The molecule has 4 rings (SSSR count). The van der Waals surface area contributed by atoms with Crippen LogP contribution in [0.5, 0.6) is 0 Å². The first-order valence-electron chi connectivity index (χ1n) is 23.1. The zero-order chi connectivity index (χ0) is 44.8. The molecule has 2 aliphatic heterocycles. The smallest absolute Gasteiger partial charge is 0.267 e. The monoisotopic (exact) mass is 898 g/mol. The number of allylic oxidation sites excluding steroid dienone is 4. The molecule has 2 aliphatic carbocycles. The number of nitrogens with one attached hydrogen (secondary N) is 2. The number of amides is 2. The van der Waals surface area contributed by atoms with Gasteiger partial charge in [0.25, 0.3) is 10.1 Å². The van der Waals surface area contributed by atoms with Crippen LogP contribution in [0.2, 0.25) is 0 Å². The van der Waals surface area contributed by atoms with Crippen molar-refractivity contribution in [1.82, 2.24) is 25.3 Å². The van der Waals surface area contributed by atoms with Crippen LogP contribution in [-0.4, -0.2) is 145 Å². The van der Waals surface area contributed by atoms with E-state index < -0.39 is 15.4 Å². The summed E-state index contributed by atoms with van der Waals surface area (Å²) in [6.07, 6.45) is 19.7. The van der Waals surface area contributed by atoms with Crippen LogP contribution in [0.3, 0.4) is 0 Å². The Morgan fingerprint density at radius 1 is 0.836 bits per heavy atom. The van der Waals surface area contributed by atoms with Gasteiger partial charge in [0.1, 0.15) is 6.54 Å². The second-order valence-electron chi connectivity index (χ2n) is 19.7. The maximum atomic E-state index is 12.5. The summed E-state index contributed by atoms with van der Waals surface area (Å²) in [7, 11) is 4.01. The lowest BCUT2D eigenvalue weighted by atomic mass is 9.69. The van der Waals surface area contributed by atoms with Crippen LogP contribution in [-0.2, 0) is 29.1 Å². The molecule has 3 fully saturated rings. The molecule has 6 unspecified atom stereocenters. The number of likely N-dealkylation sites (tertiary alicyclic amines) is 1. The Balaban J connectivity index is 1.51. The number of carbonyl (C=O) groups is 2.